The Kier molecular flexibility index (Phi) is 3.21. The topological polar surface area (TPSA) is 64.3 Å². The zero-order valence-electron chi connectivity index (χ0n) is 11.1. The smallest absolute Gasteiger partial charge is 0.240 e. The number of carbonyl (C=O) groups excluding carboxylic acids is 1. The van der Waals surface area contributed by atoms with Crippen LogP contribution in [0.15, 0.2) is 0 Å². The summed E-state index contributed by atoms with van der Waals surface area (Å²) in [6.45, 7) is 4.26. The molecule has 0 radical (unpaired) electrons. The van der Waals surface area contributed by atoms with Crippen LogP contribution in [0.1, 0.15) is 46.0 Å². The third-order valence-corrected chi connectivity index (χ3v) is 4.72. The summed E-state index contributed by atoms with van der Waals surface area (Å²) in [4.78, 5) is 12.2. The number of nitrogens with one attached hydrogen (secondary N) is 1. The molecule has 0 aromatic rings. The van der Waals surface area contributed by atoms with Crippen LogP contribution in [0.4, 0.5) is 0 Å². The van der Waals surface area contributed by atoms with Crippen LogP contribution in [0.2, 0.25) is 0 Å². The van der Waals surface area contributed by atoms with Crippen LogP contribution < -0.4 is 11.1 Å². The van der Waals surface area contributed by atoms with Gasteiger partial charge in [0.1, 0.15) is 0 Å². The van der Waals surface area contributed by atoms with Gasteiger partial charge in [0, 0.05) is 18.6 Å². The first-order valence-electron chi connectivity index (χ1n) is 6.53. The molecule has 2 aliphatic rings. The first-order chi connectivity index (χ1) is 7.90. The summed E-state index contributed by atoms with van der Waals surface area (Å²) in [7, 11) is 1.73. The Hall–Kier alpha value is -0.610. The largest absolute Gasteiger partial charge is 0.381 e. The second-order valence-electron chi connectivity index (χ2n) is 6.17. The van der Waals surface area contributed by atoms with Gasteiger partial charge in [0.25, 0.3) is 0 Å². The monoisotopic (exact) mass is 240 g/mol. The van der Waals surface area contributed by atoms with E-state index in [1.54, 1.807) is 7.11 Å². The molecule has 2 rings (SSSR count). The Morgan fingerprint density at radius 3 is 2.41 bits per heavy atom. The van der Waals surface area contributed by atoms with Gasteiger partial charge in [-0.25, -0.2) is 0 Å². The molecule has 17 heavy (non-hydrogen) atoms. The second kappa shape index (κ2) is 4.25. The van der Waals surface area contributed by atoms with Crippen molar-refractivity contribution < 1.29 is 9.53 Å². The number of hydrogen-bond acceptors (Lipinski definition) is 3. The van der Waals surface area contributed by atoms with Crippen molar-refractivity contribution in [2.24, 2.45) is 11.1 Å². The van der Waals surface area contributed by atoms with Crippen molar-refractivity contribution in [3.05, 3.63) is 0 Å². The van der Waals surface area contributed by atoms with Crippen LogP contribution in [0, 0.1) is 5.41 Å². The highest BCUT2D eigenvalue weighted by Gasteiger charge is 2.50. The minimum Gasteiger partial charge on any atom is -0.381 e. The van der Waals surface area contributed by atoms with E-state index in [-0.39, 0.29) is 23.5 Å². The zero-order chi connectivity index (χ0) is 12.7. The van der Waals surface area contributed by atoms with E-state index in [9.17, 15) is 4.79 Å². The molecule has 1 amide bonds. The van der Waals surface area contributed by atoms with Crippen LogP contribution >= 0.6 is 0 Å². The summed E-state index contributed by atoms with van der Waals surface area (Å²) in [5.41, 5.74) is 5.54. The van der Waals surface area contributed by atoms with E-state index < -0.39 is 5.54 Å². The van der Waals surface area contributed by atoms with Gasteiger partial charge in [0.15, 0.2) is 0 Å². The van der Waals surface area contributed by atoms with E-state index >= 15 is 0 Å². The van der Waals surface area contributed by atoms with Crippen molar-refractivity contribution in [2.75, 3.05) is 7.11 Å². The Morgan fingerprint density at radius 2 is 1.94 bits per heavy atom. The number of carbonyl (C=O) groups is 1. The van der Waals surface area contributed by atoms with Crippen LogP contribution in [-0.4, -0.2) is 30.7 Å². The van der Waals surface area contributed by atoms with Crippen LogP contribution in [0.25, 0.3) is 0 Å². The molecule has 0 aromatic carbocycles. The predicted molar refractivity (Wildman–Crippen MR) is 66.5 cm³/mol. The molecule has 2 fully saturated rings. The highest BCUT2D eigenvalue weighted by atomic mass is 16.5. The number of amides is 1. The molecule has 2 atom stereocenters. The lowest BCUT2D eigenvalue weighted by Gasteiger charge is -2.51. The first-order valence-corrected chi connectivity index (χ1v) is 6.53. The fourth-order valence-electron chi connectivity index (χ4n) is 3.07. The van der Waals surface area contributed by atoms with Crippen LogP contribution in [0.5, 0.6) is 0 Å². The molecular weight excluding hydrogens is 216 g/mol. The van der Waals surface area contributed by atoms with Crippen LogP contribution in [0.3, 0.4) is 0 Å². The standard InChI is InChI=1S/C13H24N2O2/c1-12(2)9(8-10(12)17-3)15-11(16)13(14)6-4-5-7-13/h9-10H,4-8,14H2,1-3H3,(H,15,16). The summed E-state index contributed by atoms with van der Waals surface area (Å²) in [6, 6.07) is 0.195. The summed E-state index contributed by atoms with van der Waals surface area (Å²) in [5, 5.41) is 3.11. The minimum atomic E-state index is -0.617. The average Bonchev–Trinajstić information content (AvgIpc) is 2.71. The summed E-state index contributed by atoms with van der Waals surface area (Å²) >= 11 is 0. The maximum absolute atomic E-state index is 12.2. The Morgan fingerprint density at radius 1 is 1.35 bits per heavy atom. The van der Waals surface area contributed by atoms with Gasteiger partial charge in [0.2, 0.25) is 5.91 Å². The fraction of sp³-hybridized carbons (Fsp3) is 0.923. The number of nitrogens with two attached hydrogens (primary N) is 1. The molecule has 0 bridgehead atoms. The molecule has 2 unspecified atom stereocenters. The zero-order valence-corrected chi connectivity index (χ0v) is 11.1. The van der Waals surface area contributed by atoms with E-state index in [1.807, 2.05) is 0 Å². The van der Waals surface area contributed by atoms with E-state index in [2.05, 4.69) is 19.2 Å². The molecule has 0 spiro atoms. The number of methoxy groups -OCH3 is 1. The molecule has 4 heteroatoms. The van der Waals surface area contributed by atoms with Crippen molar-refractivity contribution >= 4 is 5.91 Å². The third kappa shape index (κ3) is 2.08. The van der Waals surface area contributed by atoms with Gasteiger partial charge in [-0.05, 0) is 19.3 Å². The van der Waals surface area contributed by atoms with Gasteiger partial charge in [-0.1, -0.05) is 26.7 Å². The highest BCUT2D eigenvalue weighted by Crippen LogP contribution is 2.42. The number of rotatable bonds is 3. The summed E-state index contributed by atoms with van der Waals surface area (Å²) in [5.74, 6) is 0.0302. The van der Waals surface area contributed by atoms with Crippen molar-refractivity contribution in [1.82, 2.24) is 5.32 Å². The van der Waals surface area contributed by atoms with E-state index in [0.717, 1.165) is 32.1 Å². The van der Waals surface area contributed by atoms with Gasteiger partial charge >= 0.3 is 0 Å². The molecule has 0 aromatic heterocycles. The molecular formula is C13H24N2O2. The first kappa shape index (κ1) is 12.8. The molecule has 0 aliphatic heterocycles. The van der Waals surface area contributed by atoms with Gasteiger partial charge in [-0.2, -0.15) is 0 Å². The molecule has 0 heterocycles. The molecule has 98 valence electrons. The lowest BCUT2D eigenvalue weighted by molar-refractivity contribution is -0.137. The van der Waals surface area contributed by atoms with Crippen molar-refractivity contribution in [1.29, 1.82) is 0 Å². The lowest BCUT2D eigenvalue weighted by atomic mass is 9.64. The lowest BCUT2D eigenvalue weighted by Crippen LogP contribution is -2.65. The van der Waals surface area contributed by atoms with Crippen molar-refractivity contribution in [2.45, 2.75) is 63.6 Å². The maximum atomic E-state index is 12.2. The Balaban J connectivity index is 1.92. The van der Waals surface area contributed by atoms with Crippen LogP contribution in [-0.2, 0) is 9.53 Å². The number of ether oxygens (including phenoxy) is 1. The van der Waals surface area contributed by atoms with E-state index in [4.69, 9.17) is 10.5 Å². The molecule has 4 nitrogen and oxygen atoms in total. The SMILES string of the molecule is COC1CC(NC(=O)C2(N)CCCC2)C1(C)C. The molecule has 2 aliphatic carbocycles. The van der Waals surface area contributed by atoms with Gasteiger partial charge in [-0.3, -0.25) is 4.79 Å². The Bertz CT molecular complexity index is 309. The minimum absolute atomic E-state index is 0.0133. The van der Waals surface area contributed by atoms with Gasteiger partial charge < -0.3 is 15.8 Å². The van der Waals surface area contributed by atoms with Gasteiger partial charge in [-0.15, -0.1) is 0 Å². The number of hydrogen-bond donors (Lipinski definition) is 2. The predicted octanol–water partition coefficient (Wildman–Crippen LogP) is 1.19. The third-order valence-electron chi connectivity index (χ3n) is 4.72. The molecule has 3 N–H and O–H groups in total. The molecule has 2 saturated carbocycles. The Labute approximate surface area is 103 Å². The van der Waals surface area contributed by atoms with Gasteiger partial charge in [0.05, 0.1) is 11.6 Å². The maximum Gasteiger partial charge on any atom is 0.240 e. The average molecular weight is 240 g/mol. The fourth-order valence-corrected chi connectivity index (χ4v) is 3.07. The highest BCUT2D eigenvalue weighted by molar-refractivity contribution is 5.86. The van der Waals surface area contributed by atoms with Crippen molar-refractivity contribution in [3.8, 4) is 0 Å². The quantitative estimate of drug-likeness (QED) is 0.779. The van der Waals surface area contributed by atoms with Crippen molar-refractivity contribution in [3.63, 3.8) is 0 Å². The van der Waals surface area contributed by atoms with E-state index in [1.165, 1.54) is 0 Å². The summed E-state index contributed by atoms with van der Waals surface area (Å²) < 4.78 is 5.38. The second-order valence-corrected chi connectivity index (χ2v) is 6.17. The summed E-state index contributed by atoms with van der Waals surface area (Å²) in [6.07, 6.45) is 4.91. The molecule has 0 saturated heterocycles. The van der Waals surface area contributed by atoms with E-state index in [0.29, 0.717) is 0 Å². The normalized spacial score (nSPS) is 34.1.